The van der Waals surface area contributed by atoms with Crippen molar-refractivity contribution in [2.75, 3.05) is 7.05 Å². The van der Waals surface area contributed by atoms with E-state index in [9.17, 15) is 8.42 Å². The van der Waals surface area contributed by atoms with Gasteiger partial charge in [0.2, 0.25) is 0 Å². The number of likely N-dealkylation sites (N-methyl/N-ethyl adjacent to an activating group) is 1. The van der Waals surface area contributed by atoms with Crippen molar-refractivity contribution in [3.63, 3.8) is 0 Å². The van der Waals surface area contributed by atoms with Crippen molar-refractivity contribution >= 4 is 66.1 Å². The molecule has 0 aromatic carbocycles. The maximum atomic E-state index is 12.2. The molecule has 4 nitrogen and oxygen atoms in total. The molecule has 96 valence electrons. The topological polar surface area (TPSA) is 63.4 Å². The lowest BCUT2D eigenvalue weighted by Crippen LogP contribution is -2.42. The summed E-state index contributed by atoms with van der Waals surface area (Å²) >= 11 is 14.8. The second-order valence-electron chi connectivity index (χ2n) is 3.29. The zero-order valence-electron chi connectivity index (χ0n) is 8.98. The molecule has 9 heteroatoms. The maximum Gasteiger partial charge on any atom is 0.253 e. The first-order valence-corrected chi connectivity index (χ1v) is 8.23. The third kappa shape index (κ3) is 3.18. The van der Waals surface area contributed by atoms with E-state index in [4.69, 9.17) is 29.6 Å². The summed E-state index contributed by atoms with van der Waals surface area (Å²) in [4.78, 5) is 0.123. The Hall–Kier alpha value is 0.270. The molecular weight excluding hydrogens is 368 g/mol. The number of nitrogens with two attached hydrogens (primary N) is 1. The second kappa shape index (κ2) is 5.50. The van der Waals surface area contributed by atoms with Gasteiger partial charge in [-0.3, -0.25) is 0 Å². The summed E-state index contributed by atoms with van der Waals surface area (Å²) in [6, 6.07) is 0.851. The smallest absolute Gasteiger partial charge is 0.253 e. The zero-order chi connectivity index (χ0) is 13.4. The SMILES string of the molecule is CC(C(N)=S)N(C)S(=O)(=O)c1cc(Cl)c(Br)s1. The van der Waals surface area contributed by atoms with Crippen LogP contribution < -0.4 is 5.73 Å². The summed E-state index contributed by atoms with van der Waals surface area (Å²) in [6.07, 6.45) is 0. The molecule has 1 heterocycles. The van der Waals surface area contributed by atoms with Gasteiger partial charge in [-0.25, -0.2) is 8.42 Å². The number of nitrogens with zero attached hydrogens (tertiary/aromatic N) is 1. The fourth-order valence-electron chi connectivity index (χ4n) is 0.983. The predicted octanol–water partition coefficient (Wildman–Crippen LogP) is 2.46. The van der Waals surface area contributed by atoms with Gasteiger partial charge in [-0.1, -0.05) is 23.8 Å². The molecule has 0 radical (unpaired) electrons. The van der Waals surface area contributed by atoms with E-state index in [-0.39, 0.29) is 9.20 Å². The summed E-state index contributed by atoms with van der Waals surface area (Å²) in [5.74, 6) is 0. The van der Waals surface area contributed by atoms with Crippen LogP contribution in [0, 0.1) is 0 Å². The fourth-order valence-corrected chi connectivity index (χ4v) is 5.14. The Kier molecular flexibility index (Phi) is 4.96. The summed E-state index contributed by atoms with van der Waals surface area (Å²) < 4.78 is 26.2. The Morgan fingerprint density at radius 3 is 2.59 bits per heavy atom. The first kappa shape index (κ1) is 15.3. The molecule has 2 N–H and O–H groups in total. The molecule has 0 saturated heterocycles. The van der Waals surface area contributed by atoms with Crippen molar-refractivity contribution in [2.45, 2.75) is 17.2 Å². The minimum Gasteiger partial charge on any atom is -0.392 e. The van der Waals surface area contributed by atoms with Crippen LogP contribution >= 0.6 is 51.1 Å². The average molecular weight is 378 g/mol. The Bertz CT molecular complexity index is 523. The highest BCUT2D eigenvalue weighted by Crippen LogP contribution is 2.35. The van der Waals surface area contributed by atoms with Gasteiger partial charge in [-0.05, 0) is 28.9 Å². The first-order valence-electron chi connectivity index (χ1n) is 4.40. The Balaban J connectivity index is 3.15. The van der Waals surface area contributed by atoms with Crippen LogP contribution in [0.4, 0.5) is 0 Å². The van der Waals surface area contributed by atoms with Crippen molar-refractivity contribution in [1.29, 1.82) is 0 Å². The molecule has 0 bridgehead atoms. The summed E-state index contributed by atoms with van der Waals surface area (Å²) in [7, 11) is -2.18. The number of sulfonamides is 1. The molecule has 1 aromatic heterocycles. The van der Waals surface area contributed by atoms with Crippen molar-refractivity contribution in [3.8, 4) is 0 Å². The monoisotopic (exact) mass is 376 g/mol. The van der Waals surface area contributed by atoms with Gasteiger partial charge in [0.15, 0.2) is 0 Å². The zero-order valence-corrected chi connectivity index (χ0v) is 13.8. The molecule has 17 heavy (non-hydrogen) atoms. The number of halogens is 2. The van der Waals surface area contributed by atoms with Crippen molar-refractivity contribution in [3.05, 3.63) is 14.9 Å². The molecule has 0 aliphatic heterocycles. The Morgan fingerprint density at radius 2 is 2.24 bits per heavy atom. The minimum absolute atomic E-state index is 0.123. The third-order valence-electron chi connectivity index (χ3n) is 2.21. The van der Waals surface area contributed by atoms with Crippen LogP contribution in [0.25, 0.3) is 0 Å². The lowest BCUT2D eigenvalue weighted by Gasteiger charge is -2.22. The lowest BCUT2D eigenvalue weighted by molar-refractivity contribution is 0.453. The van der Waals surface area contributed by atoms with Crippen molar-refractivity contribution in [1.82, 2.24) is 4.31 Å². The number of rotatable bonds is 4. The molecule has 1 unspecified atom stereocenters. The van der Waals surface area contributed by atoms with E-state index in [2.05, 4.69) is 15.9 Å². The van der Waals surface area contributed by atoms with Crippen LogP contribution in [0.5, 0.6) is 0 Å². The largest absolute Gasteiger partial charge is 0.392 e. The highest BCUT2D eigenvalue weighted by molar-refractivity contribution is 9.11. The van der Waals surface area contributed by atoms with Crippen LogP contribution in [-0.4, -0.2) is 30.8 Å². The van der Waals surface area contributed by atoms with Crippen LogP contribution in [0.15, 0.2) is 14.1 Å². The predicted molar refractivity (Wildman–Crippen MR) is 78.2 cm³/mol. The molecule has 1 rings (SSSR count). The Morgan fingerprint density at radius 1 is 1.71 bits per heavy atom. The van der Waals surface area contributed by atoms with Gasteiger partial charge in [-0.2, -0.15) is 4.31 Å². The molecule has 1 atom stereocenters. The highest BCUT2D eigenvalue weighted by atomic mass is 79.9. The molecule has 0 fully saturated rings. The maximum absolute atomic E-state index is 12.2. The normalized spacial score (nSPS) is 13.9. The van der Waals surface area contributed by atoms with Gasteiger partial charge < -0.3 is 5.73 Å². The summed E-state index contributed by atoms with van der Waals surface area (Å²) in [5.41, 5.74) is 5.44. The van der Waals surface area contributed by atoms with Gasteiger partial charge in [0, 0.05) is 7.05 Å². The highest BCUT2D eigenvalue weighted by Gasteiger charge is 2.29. The van der Waals surface area contributed by atoms with Gasteiger partial charge >= 0.3 is 0 Å². The molecule has 0 saturated carbocycles. The van der Waals surface area contributed by atoms with Crippen LogP contribution in [-0.2, 0) is 10.0 Å². The van der Waals surface area contributed by atoms with E-state index < -0.39 is 16.1 Å². The quantitative estimate of drug-likeness (QED) is 0.819. The minimum atomic E-state index is -3.62. The van der Waals surface area contributed by atoms with E-state index in [1.54, 1.807) is 6.92 Å². The van der Waals surface area contributed by atoms with E-state index in [1.807, 2.05) is 0 Å². The molecule has 0 aliphatic carbocycles. The standard InChI is InChI=1S/C8H10BrClN2O2S3/c1-4(8(11)15)12(2)17(13,14)6-3-5(10)7(9)16-6/h3-4H,1-2H3,(H2,11,15). The van der Waals surface area contributed by atoms with Crippen LogP contribution in [0.1, 0.15) is 6.92 Å². The average Bonchev–Trinajstić information content (AvgIpc) is 2.57. The number of thiocarbonyl (C=S) groups is 1. The Labute approximate surface area is 123 Å². The second-order valence-corrected chi connectivity index (χ2v) is 8.76. The number of thiophene rings is 1. The van der Waals surface area contributed by atoms with E-state index in [1.165, 1.54) is 13.1 Å². The molecule has 0 aliphatic rings. The molecule has 1 aromatic rings. The van der Waals surface area contributed by atoms with E-state index in [0.717, 1.165) is 15.6 Å². The van der Waals surface area contributed by atoms with Crippen LogP contribution in [0.3, 0.4) is 0 Å². The van der Waals surface area contributed by atoms with Gasteiger partial charge in [0.05, 0.1) is 19.8 Å². The molecule has 0 spiro atoms. The fraction of sp³-hybridized carbons (Fsp3) is 0.375. The lowest BCUT2D eigenvalue weighted by atomic mass is 10.3. The van der Waals surface area contributed by atoms with Gasteiger partial charge in [-0.15, -0.1) is 11.3 Å². The van der Waals surface area contributed by atoms with Crippen molar-refractivity contribution in [2.24, 2.45) is 5.73 Å². The summed E-state index contributed by atoms with van der Waals surface area (Å²) in [5, 5.41) is 0.366. The number of hydrogen-bond acceptors (Lipinski definition) is 4. The third-order valence-corrected chi connectivity index (χ3v) is 7.41. The van der Waals surface area contributed by atoms with Gasteiger partial charge in [0.1, 0.15) is 4.21 Å². The van der Waals surface area contributed by atoms with Crippen LogP contribution in [0.2, 0.25) is 5.02 Å². The summed E-state index contributed by atoms with van der Waals surface area (Å²) in [6.45, 7) is 1.63. The van der Waals surface area contributed by atoms with Crippen molar-refractivity contribution < 1.29 is 8.42 Å². The van der Waals surface area contributed by atoms with E-state index in [0.29, 0.717) is 8.81 Å². The number of hydrogen-bond donors (Lipinski definition) is 1. The molecular formula is C8H10BrClN2O2S3. The molecule has 0 amide bonds. The van der Waals surface area contributed by atoms with Gasteiger partial charge in [0.25, 0.3) is 10.0 Å². The first-order chi connectivity index (χ1) is 7.67. The van der Waals surface area contributed by atoms with E-state index >= 15 is 0 Å².